The van der Waals surface area contributed by atoms with Gasteiger partial charge < -0.3 is 9.47 Å². The van der Waals surface area contributed by atoms with Crippen molar-refractivity contribution in [3.05, 3.63) is 12.2 Å². The molecule has 0 bridgehead atoms. The third-order valence-electron chi connectivity index (χ3n) is 2.81. The first-order chi connectivity index (χ1) is 5.88. The highest BCUT2D eigenvalue weighted by atomic mass is 16.7. The predicted octanol–water partition coefficient (Wildman–Crippen LogP) is 1.96. The highest BCUT2D eigenvalue weighted by molar-refractivity contribution is 4.94. The second-order valence-corrected chi connectivity index (χ2v) is 3.69. The van der Waals surface area contributed by atoms with Gasteiger partial charge in [0, 0.05) is 5.92 Å². The SMILES string of the molecule is C[C@H]1CC=CC[C@@H]1C1OCCO1. The van der Waals surface area contributed by atoms with Gasteiger partial charge in [-0.3, -0.25) is 0 Å². The van der Waals surface area contributed by atoms with Gasteiger partial charge in [0.15, 0.2) is 6.29 Å². The van der Waals surface area contributed by atoms with Gasteiger partial charge in [0.25, 0.3) is 0 Å². The molecule has 2 aliphatic rings. The summed E-state index contributed by atoms with van der Waals surface area (Å²) in [5.74, 6) is 1.29. The van der Waals surface area contributed by atoms with E-state index in [2.05, 4.69) is 19.1 Å². The minimum Gasteiger partial charge on any atom is -0.350 e. The van der Waals surface area contributed by atoms with Crippen molar-refractivity contribution in [2.45, 2.75) is 26.1 Å². The molecule has 2 atom stereocenters. The van der Waals surface area contributed by atoms with E-state index in [1.165, 1.54) is 6.42 Å². The van der Waals surface area contributed by atoms with Gasteiger partial charge in [-0.15, -0.1) is 0 Å². The van der Waals surface area contributed by atoms with Crippen LogP contribution in [0.15, 0.2) is 12.2 Å². The highest BCUT2D eigenvalue weighted by Gasteiger charge is 2.31. The Labute approximate surface area is 73.5 Å². The van der Waals surface area contributed by atoms with Crippen LogP contribution in [0, 0.1) is 11.8 Å². The third kappa shape index (κ3) is 1.54. The second-order valence-electron chi connectivity index (χ2n) is 3.69. The summed E-state index contributed by atoms with van der Waals surface area (Å²) >= 11 is 0. The zero-order valence-electron chi connectivity index (χ0n) is 7.53. The van der Waals surface area contributed by atoms with Crippen molar-refractivity contribution in [3.8, 4) is 0 Å². The maximum Gasteiger partial charge on any atom is 0.161 e. The molecule has 1 aliphatic heterocycles. The molecule has 2 heteroatoms. The molecule has 0 radical (unpaired) electrons. The van der Waals surface area contributed by atoms with Crippen molar-refractivity contribution in [2.24, 2.45) is 11.8 Å². The average Bonchev–Trinajstić information content (AvgIpc) is 2.57. The third-order valence-corrected chi connectivity index (χ3v) is 2.81. The summed E-state index contributed by atoms with van der Waals surface area (Å²) in [6.45, 7) is 3.83. The molecule has 0 spiro atoms. The molecule has 1 aliphatic carbocycles. The van der Waals surface area contributed by atoms with Crippen LogP contribution in [-0.2, 0) is 9.47 Å². The minimum absolute atomic E-state index is 0.0740. The van der Waals surface area contributed by atoms with Crippen LogP contribution in [-0.4, -0.2) is 19.5 Å². The Morgan fingerprint density at radius 2 is 1.75 bits per heavy atom. The fourth-order valence-corrected chi connectivity index (χ4v) is 1.97. The van der Waals surface area contributed by atoms with Crippen molar-refractivity contribution in [1.29, 1.82) is 0 Å². The smallest absolute Gasteiger partial charge is 0.161 e. The normalized spacial score (nSPS) is 37.4. The molecule has 0 aromatic carbocycles. The molecular formula is C10H16O2. The summed E-state index contributed by atoms with van der Waals surface area (Å²) in [5, 5.41) is 0. The first kappa shape index (κ1) is 8.27. The summed E-state index contributed by atoms with van der Waals surface area (Å²) in [4.78, 5) is 0. The second kappa shape index (κ2) is 3.58. The molecule has 12 heavy (non-hydrogen) atoms. The van der Waals surface area contributed by atoms with Gasteiger partial charge in [0.05, 0.1) is 13.2 Å². The van der Waals surface area contributed by atoms with Gasteiger partial charge in [-0.25, -0.2) is 0 Å². The van der Waals surface area contributed by atoms with Gasteiger partial charge in [-0.2, -0.15) is 0 Å². The average molecular weight is 168 g/mol. The lowest BCUT2D eigenvalue weighted by Gasteiger charge is -2.28. The highest BCUT2D eigenvalue weighted by Crippen LogP contribution is 2.31. The van der Waals surface area contributed by atoms with Crippen LogP contribution in [0.1, 0.15) is 19.8 Å². The first-order valence-electron chi connectivity index (χ1n) is 4.76. The molecule has 2 rings (SSSR count). The van der Waals surface area contributed by atoms with E-state index < -0.39 is 0 Å². The molecule has 1 saturated heterocycles. The van der Waals surface area contributed by atoms with Crippen LogP contribution in [0.25, 0.3) is 0 Å². The lowest BCUT2D eigenvalue weighted by molar-refractivity contribution is -0.0975. The van der Waals surface area contributed by atoms with Crippen molar-refractivity contribution in [3.63, 3.8) is 0 Å². The zero-order chi connectivity index (χ0) is 8.39. The molecule has 0 unspecified atom stereocenters. The molecule has 0 N–H and O–H groups in total. The standard InChI is InChI=1S/C10H16O2/c1-8-4-2-3-5-9(8)10-11-6-7-12-10/h2-3,8-10H,4-7H2,1H3/t8-,9-/m0/s1. The van der Waals surface area contributed by atoms with E-state index in [0.717, 1.165) is 19.6 Å². The summed E-state index contributed by atoms with van der Waals surface area (Å²) in [5.41, 5.74) is 0. The summed E-state index contributed by atoms with van der Waals surface area (Å²) in [7, 11) is 0. The Morgan fingerprint density at radius 1 is 1.08 bits per heavy atom. The number of allylic oxidation sites excluding steroid dienone is 2. The Morgan fingerprint density at radius 3 is 2.42 bits per heavy atom. The van der Waals surface area contributed by atoms with Gasteiger partial charge in [0.1, 0.15) is 0 Å². The van der Waals surface area contributed by atoms with Gasteiger partial charge >= 0.3 is 0 Å². The number of hydrogen-bond acceptors (Lipinski definition) is 2. The Balaban J connectivity index is 1.96. The fourth-order valence-electron chi connectivity index (χ4n) is 1.97. The molecule has 2 nitrogen and oxygen atoms in total. The fraction of sp³-hybridized carbons (Fsp3) is 0.800. The summed E-state index contributed by atoms with van der Waals surface area (Å²) in [6.07, 6.45) is 6.87. The number of rotatable bonds is 1. The molecule has 0 aromatic heterocycles. The molecule has 0 aromatic rings. The molecular weight excluding hydrogens is 152 g/mol. The van der Waals surface area contributed by atoms with Crippen LogP contribution >= 0.6 is 0 Å². The summed E-state index contributed by atoms with van der Waals surface area (Å²) in [6, 6.07) is 0. The van der Waals surface area contributed by atoms with E-state index in [1.54, 1.807) is 0 Å². The molecule has 68 valence electrons. The molecule has 0 amide bonds. The zero-order valence-corrected chi connectivity index (χ0v) is 7.53. The van der Waals surface area contributed by atoms with E-state index in [0.29, 0.717) is 11.8 Å². The minimum atomic E-state index is 0.0740. The van der Waals surface area contributed by atoms with Crippen molar-refractivity contribution in [2.75, 3.05) is 13.2 Å². The number of ether oxygens (including phenoxy) is 2. The van der Waals surface area contributed by atoms with E-state index in [-0.39, 0.29) is 6.29 Å². The Kier molecular flexibility index (Phi) is 2.47. The predicted molar refractivity (Wildman–Crippen MR) is 46.7 cm³/mol. The number of hydrogen-bond donors (Lipinski definition) is 0. The van der Waals surface area contributed by atoms with Crippen LogP contribution in [0.2, 0.25) is 0 Å². The maximum atomic E-state index is 5.51. The van der Waals surface area contributed by atoms with E-state index >= 15 is 0 Å². The van der Waals surface area contributed by atoms with Crippen molar-refractivity contribution >= 4 is 0 Å². The topological polar surface area (TPSA) is 18.5 Å². The van der Waals surface area contributed by atoms with Crippen LogP contribution in [0.4, 0.5) is 0 Å². The first-order valence-corrected chi connectivity index (χ1v) is 4.76. The maximum absolute atomic E-state index is 5.51. The van der Waals surface area contributed by atoms with E-state index in [4.69, 9.17) is 9.47 Å². The Bertz CT molecular complexity index is 171. The molecule has 1 heterocycles. The molecule has 1 fully saturated rings. The lowest BCUT2D eigenvalue weighted by atomic mass is 9.84. The monoisotopic (exact) mass is 168 g/mol. The largest absolute Gasteiger partial charge is 0.350 e. The quantitative estimate of drug-likeness (QED) is 0.557. The lowest BCUT2D eigenvalue weighted by Crippen LogP contribution is -2.28. The van der Waals surface area contributed by atoms with Crippen LogP contribution in [0.5, 0.6) is 0 Å². The Hall–Kier alpha value is -0.340. The van der Waals surface area contributed by atoms with Gasteiger partial charge in [-0.05, 0) is 18.8 Å². The van der Waals surface area contributed by atoms with Gasteiger partial charge in [-0.1, -0.05) is 19.1 Å². The summed E-state index contributed by atoms with van der Waals surface area (Å²) < 4.78 is 11.0. The van der Waals surface area contributed by atoms with Crippen molar-refractivity contribution < 1.29 is 9.47 Å². The van der Waals surface area contributed by atoms with E-state index in [9.17, 15) is 0 Å². The van der Waals surface area contributed by atoms with Crippen molar-refractivity contribution in [1.82, 2.24) is 0 Å². The van der Waals surface area contributed by atoms with Crippen LogP contribution in [0.3, 0.4) is 0 Å². The van der Waals surface area contributed by atoms with E-state index in [1.807, 2.05) is 0 Å². The van der Waals surface area contributed by atoms with Gasteiger partial charge in [0.2, 0.25) is 0 Å². The van der Waals surface area contributed by atoms with Crippen LogP contribution < -0.4 is 0 Å². The molecule has 0 saturated carbocycles.